The Bertz CT molecular complexity index is 1490. The maximum absolute atomic E-state index is 12.8. The number of aliphatic hydroxyl groups is 2. The van der Waals surface area contributed by atoms with Crippen LogP contribution in [0.15, 0.2) is 78.9 Å². The van der Waals surface area contributed by atoms with E-state index in [1.165, 1.54) is 10.5 Å². The van der Waals surface area contributed by atoms with Gasteiger partial charge in [-0.25, -0.2) is 4.79 Å². The van der Waals surface area contributed by atoms with Gasteiger partial charge in [-0.15, -0.1) is 0 Å². The first-order valence-electron chi connectivity index (χ1n) is 17.5. The first kappa shape index (κ1) is 41.1. The number of nitrogens with zero attached hydrogens (tertiary/aromatic N) is 2. The lowest BCUT2D eigenvalue weighted by Gasteiger charge is -2.45. The average Bonchev–Trinajstić information content (AvgIpc) is 3.04. The highest BCUT2D eigenvalue weighted by Gasteiger charge is 2.34. The van der Waals surface area contributed by atoms with Crippen molar-refractivity contribution in [2.24, 2.45) is 0 Å². The van der Waals surface area contributed by atoms with Crippen LogP contribution >= 0.6 is 0 Å². The fourth-order valence-corrected chi connectivity index (χ4v) is 5.77. The first-order chi connectivity index (χ1) is 23.9. The molecule has 3 aromatic rings. The van der Waals surface area contributed by atoms with Crippen molar-refractivity contribution in [3.63, 3.8) is 0 Å². The van der Waals surface area contributed by atoms with Gasteiger partial charge in [0, 0.05) is 31.4 Å². The third-order valence-corrected chi connectivity index (χ3v) is 8.41. The largest absolute Gasteiger partial charge is 0.530 e. The van der Waals surface area contributed by atoms with Crippen LogP contribution in [-0.2, 0) is 17.6 Å². The number of carbonyl (C=O) groups excluding carboxylic acids is 2. The van der Waals surface area contributed by atoms with Crippen molar-refractivity contribution >= 4 is 17.9 Å². The Kier molecular flexibility index (Phi) is 15.1. The van der Waals surface area contributed by atoms with E-state index in [1.807, 2.05) is 61.6 Å². The van der Waals surface area contributed by atoms with Crippen LogP contribution in [0.5, 0.6) is 5.75 Å². The minimum atomic E-state index is -1.38. The van der Waals surface area contributed by atoms with Crippen LogP contribution in [0.4, 0.5) is 15.3 Å². The highest BCUT2D eigenvalue weighted by Crippen LogP contribution is 2.23. The van der Waals surface area contributed by atoms with Crippen LogP contribution in [0.25, 0.3) is 0 Å². The summed E-state index contributed by atoms with van der Waals surface area (Å²) in [6.07, 6.45) is -3.69. The molecule has 0 heterocycles. The Morgan fingerprint density at radius 2 is 1.41 bits per heavy atom. The SMILES string of the molecule is Cc1ccc(N(C)CCOc2ccc(C[C@H](NC(=O)OC(C)(C)C)[C@H](O)CNC[C@@H](O)[C@H](Cc3ccccc3)N(C(=O)[O-])C(C)(C)C)cc2)cc1. The quantitative estimate of drug-likeness (QED) is 0.161. The molecule has 0 saturated heterocycles. The summed E-state index contributed by atoms with van der Waals surface area (Å²) in [7, 11) is 2.02. The third kappa shape index (κ3) is 14.1. The summed E-state index contributed by atoms with van der Waals surface area (Å²) < 4.78 is 11.5. The van der Waals surface area contributed by atoms with E-state index in [0.717, 1.165) is 16.8 Å². The summed E-state index contributed by atoms with van der Waals surface area (Å²) in [5.41, 5.74) is 2.48. The second-order valence-corrected chi connectivity index (χ2v) is 15.1. The first-order valence-corrected chi connectivity index (χ1v) is 17.5. The molecule has 4 atom stereocenters. The molecule has 4 N–H and O–H groups in total. The molecule has 0 fully saturated rings. The van der Waals surface area contributed by atoms with Crippen molar-refractivity contribution in [2.75, 3.05) is 38.2 Å². The molecule has 0 spiro atoms. The molecule has 2 amide bonds. The molecule has 280 valence electrons. The molecular weight excluding hydrogens is 648 g/mol. The van der Waals surface area contributed by atoms with E-state index < -0.39 is 47.6 Å². The molecule has 0 aromatic heterocycles. The van der Waals surface area contributed by atoms with E-state index in [2.05, 4.69) is 46.7 Å². The summed E-state index contributed by atoms with van der Waals surface area (Å²) in [4.78, 5) is 28.4. The van der Waals surface area contributed by atoms with Crippen LogP contribution in [0.2, 0.25) is 0 Å². The Morgan fingerprint density at radius 1 is 0.824 bits per heavy atom. The van der Waals surface area contributed by atoms with Crippen LogP contribution < -0.4 is 25.4 Å². The van der Waals surface area contributed by atoms with Gasteiger partial charge in [0.1, 0.15) is 24.1 Å². The number of anilines is 1. The predicted octanol–water partition coefficient (Wildman–Crippen LogP) is 4.31. The van der Waals surface area contributed by atoms with E-state index in [-0.39, 0.29) is 19.5 Å². The fourth-order valence-electron chi connectivity index (χ4n) is 5.77. The molecular formula is C40H57N4O7-. The molecule has 0 unspecified atom stereocenters. The number of aliphatic hydroxyl groups excluding tert-OH is 2. The molecule has 11 heteroatoms. The summed E-state index contributed by atoms with van der Waals surface area (Å²) in [6, 6.07) is 23.6. The number of carboxylic acid groups (broad SMARTS) is 1. The number of ether oxygens (including phenoxy) is 2. The van der Waals surface area contributed by atoms with Crippen molar-refractivity contribution in [2.45, 2.75) is 96.7 Å². The van der Waals surface area contributed by atoms with Crippen LogP contribution in [0.3, 0.4) is 0 Å². The van der Waals surface area contributed by atoms with Crippen molar-refractivity contribution in [3.8, 4) is 5.75 Å². The monoisotopic (exact) mass is 705 g/mol. The summed E-state index contributed by atoms with van der Waals surface area (Å²) in [5, 5.41) is 40.8. The Hall–Kier alpha value is -4.32. The van der Waals surface area contributed by atoms with Gasteiger partial charge in [-0.3, -0.25) is 0 Å². The molecule has 0 saturated carbocycles. The molecule has 11 nitrogen and oxygen atoms in total. The number of nitrogens with one attached hydrogen (secondary N) is 2. The lowest BCUT2D eigenvalue weighted by atomic mass is 9.94. The van der Waals surface area contributed by atoms with Gasteiger partial charge in [0.2, 0.25) is 0 Å². The predicted molar refractivity (Wildman–Crippen MR) is 199 cm³/mol. The number of aryl methyl sites for hydroxylation is 1. The van der Waals surface area contributed by atoms with Gasteiger partial charge in [0.05, 0.1) is 30.8 Å². The van der Waals surface area contributed by atoms with Gasteiger partial charge in [0.15, 0.2) is 0 Å². The molecule has 0 aliphatic heterocycles. The van der Waals surface area contributed by atoms with Crippen LogP contribution in [-0.4, -0.2) is 96.0 Å². The van der Waals surface area contributed by atoms with E-state index in [0.29, 0.717) is 25.3 Å². The Balaban J connectivity index is 1.65. The van der Waals surface area contributed by atoms with Crippen molar-refractivity contribution in [1.82, 2.24) is 15.5 Å². The van der Waals surface area contributed by atoms with Gasteiger partial charge < -0.3 is 50.0 Å². The molecule has 3 rings (SSSR count). The zero-order valence-electron chi connectivity index (χ0n) is 31.4. The second-order valence-electron chi connectivity index (χ2n) is 15.1. The number of carbonyl (C=O) groups is 2. The van der Waals surface area contributed by atoms with Crippen LogP contribution in [0, 0.1) is 6.92 Å². The van der Waals surface area contributed by atoms with E-state index in [9.17, 15) is 24.9 Å². The molecule has 51 heavy (non-hydrogen) atoms. The molecule has 0 aliphatic rings. The minimum absolute atomic E-state index is 0.00607. The highest BCUT2D eigenvalue weighted by molar-refractivity contribution is 5.68. The fraction of sp³-hybridized carbons (Fsp3) is 0.500. The van der Waals surface area contributed by atoms with Crippen molar-refractivity contribution < 1.29 is 34.4 Å². The zero-order chi connectivity index (χ0) is 37.8. The van der Waals surface area contributed by atoms with Gasteiger partial charge in [-0.2, -0.15) is 0 Å². The summed E-state index contributed by atoms with van der Waals surface area (Å²) in [5.74, 6) is 0.704. The van der Waals surface area contributed by atoms with E-state index in [4.69, 9.17) is 9.47 Å². The van der Waals surface area contributed by atoms with Crippen molar-refractivity contribution in [3.05, 3.63) is 95.6 Å². The van der Waals surface area contributed by atoms with Crippen molar-refractivity contribution in [1.29, 1.82) is 0 Å². The average molecular weight is 706 g/mol. The normalized spacial score (nSPS) is 14.2. The number of rotatable bonds is 17. The summed E-state index contributed by atoms with van der Waals surface area (Å²) in [6.45, 7) is 13.8. The smallest absolute Gasteiger partial charge is 0.407 e. The number of hydrogen-bond donors (Lipinski definition) is 4. The molecule has 0 radical (unpaired) electrons. The Labute approximate surface area is 303 Å². The number of alkyl carbamates (subject to hydrolysis) is 1. The lowest BCUT2D eigenvalue weighted by molar-refractivity contribution is -0.275. The molecule has 3 aromatic carbocycles. The topological polar surface area (TPSA) is 147 Å². The van der Waals surface area contributed by atoms with Gasteiger partial charge in [-0.05, 0) is 96.7 Å². The second kappa shape index (κ2) is 18.8. The standard InChI is InChI=1S/C40H58N4O7/c1-28-14-18-31(19-15-28)43(8)22-23-50-32-20-16-30(17-21-32)24-33(42-37(47)51-40(5,6)7)35(45)26-41-27-36(46)34(25-29-12-10-9-11-13-29)44(38(48)49)39(2,3)4/h9-21,33-36,41,45-46H,22-27H2,1-8H3,(H,42,47)(H,48,49)/p-1/t33-,34-,35+,36+/m0/s1. The number of likely N-dealkylation sites (N-methyl/N-ethyl adjacent to an activating group) is 1. The van der Waals surface area contributed by atoms with Crippen LogP contribution in [0.1, 0.15) is 58.2 Å². The number of amides is 2. The summed E-state index contributed by atoms with van der Waals surface area (Å²) >= 11 is 0. The van der Waals surface area contributed by atoms with Gasteiger partial charge >= 0.3 is 6.09 Å². The zero-order valence-corrected chi connectivity index (χ0v) is 31.4. The highest BCUT2D eigenvalue weighted by atomic mass is 16.6. The third-order valence-electron chi connectivity index (χ3n) is 8.41. The maximum atomic E-state index is 12.8. The number of benzene rings is 3. The van der Waals surface area contributed by atoms with E-state index >= 15 is 0 Å². The van der Waals surface area contributed by atoms with Gasteiger partial charge in [-0.1, -0.05) is 60.2 Å². The Morgan fingerprint density at radius 3 is 1.98 bits per heavy atom. The van der Waals surface area contributed by atoms with Gasteiger partial charge in [0.25, 0.3) is 0 Å². The maximum Gasteiger partial charge on any atom is 0.407 e. The van der Waals surface area contributed by atoms with E-state index in [1.54, 1.807) is 41.5 Å². The minimum Gasteiger partial charge on any atom is -0.530 e. The lowest BCUT2D eigenvalue weighted by Crippen LogP contribution is -2.62. The number of hydrogen-bond acceptors (Lipinski definition) is 9. The molecule has 0 aliphatic carbocycles. The molecule has 0 bridgehead atoms.